The Labute approximate surface area is 159 Å². The molecule has 7 heteroatoms. The fraction of sp³-hybridized carbons (Fsp3) is 0.263. The lowest BCUT2D eigenvalue weighted by Gasteiger charge is -2.15. The quantitative estimate of drug-likeness (QED) is 0.645. The molecule has 0 aliphatic rings. The number of rotatable bonds is 6. The van der Waals surface area contributed by atoms with Crippen LogP contribution in [0.2, 0.25) is 0 Å². The van der Waals surface area contributed by atoms with Crippen LogP contribution in [-0.4, -0.2) is 41.8 Å². The largest absolute Gasteiger partial charge is 0.444 e. The Kier molecular flexibility index (Phi) is 5.46. The SMILES string of the molecule is Cc1ccc2c(CCNC(=O)CN(C)C(=O)c3ccc(Br)o3)c[nH]c2c1. The molecule has 0 bridgehead atoms. The minimum atomic E-state index is -0.335. The summed E-state index contributed by atoms with van der Waals surface area (Å²) in [6.45, 7) is 2.54. The number of hydrogen-bond donors (Lipinski definition) is 2. The highest BCUT2D eigenvalue weighted by Crippen LogP contribution is 2.19. The standard InChI is InChI=1S/C19H20BrN3O3/c1-12-3-4-14-13(10-22-15(14)9-12)7-8-21-18(24)11-23(2)19(25)16-5-6-17(20)26-16/h3-6,9-10,22H,7-8,11H2,1-2H3,(H,21,24). The average molecular weight is 418 g/mol. The number of nitrogens with zero attached hydrogens (tertiary/aromatic N) is 1. The van der Waals surface area contributed by atoms with Crippen molar-refractivity contribution in [1.82, 2.24) is 15.2 Å². The third kappa shape index (κ3) is 4.16. The maximum absolute atomic E-state index is 12.2. The molecule has 0 aliphatic heterocycles. The third-order valence-electron chi connectivity index (χ3n) is 4.15. The summed E-state index contributed by atoms with van der Waals surface area (Å²) in [7, 11) is 1.57. The maximum atomic E-state index is 12.2. The number of H-pyrrole nitrogens is 1. The summed E-state index contributed by atoms with van der Waals surface area (Å²) in [5.74, 6) is -0.346. The van der Waals surface area contributed by atoms with Crippen molar-refractivity contribution in [3.63, 3.8) is 0 Å². The molecular formula is C19H20BrN3O3. The number of aromatic amines is 1. The van der Waals surface area contributed by atoms with Gasteiger partial charge < -0.3 is 19.6 Å². The first-order valence-electron chi connectivity index (χ1n) is 8.28. The van der Waals surface area contributed by atoms with Crippen molar-refractivity contribution in [2.75, 3.05) is 20.1 Å². The van der Waals surface area contributed by atoms with Gasteiger partial charge in [0.15, 0.2) is 10.4 Å². The van der Waals surface area contributed by atoms with E-state index in [0.29, 0.717) is 11.2 Å². The van der Waals surface area contributed by atoms with Crippen LogP contribution in [0.25, 0.3) is 10.9 Å². The van der Waals surface area contributed by atoms with Crippen LogP contribution in [-0.2, 0) is 11.2 Å². The van der Waals surface area contributed by atoms with E-state index in [9.17, 15) is 9.59 Å². The number of carbonyl (C=O) groups excluding carboxylic acids is 2. The zero-order valence-electron chi connectivity index (χ0n) is 14.6. The van der Waals surface area contributed by atoms with Crippen LogP contribution in [0.5, 0.6) is 0 Å². The molecular weight excluding hydrogens is 398 g/mol. The number of furan rings is 1. The van der Waals surface area contributed by atoms with Crippen LogP contribution in [0.15, 0.2) is 45.6 Å². The van der Waals surface area contributed by atoms with Gasteiger partial charge in [-0.25, -0.2) is 0 Å². The number of nitrogens with one attached hydrogen (secondary N) is 2. The summed E-state index contributed by atoms with van der Waals surface area (Å²) < 4.78 is 5.70. The first-order chi connectivity index (χ1) is 12.4. The normalized spacial score (nSPS) is 10.9. The second kappa shape index (κ2) is 7.78. The van der Waals surface area contributed by atoms with Crippen molar-refractivity contribution in [2.24, 2.45) is 0 Å². The average Bonchev–Trinajstić information content (AvgIpc) is 3.20. The van der Waals surface area contributed by atoms with Crippen LogP contribution in [0.3, 0.4) is 0 Å². The molecule has 3 rings (SSSR count). The van der Waals surface area contributed by atoms with Crippen molar-refractivity contribution < 1.29 is 14.0 Å². The van der Waals surface area contributed by atoms with E-state index in [4.69, 9.17) is 4.42 Å². The molecule has 0 spiro atoms. The summed E-state index contributed by atoms with van der Waals surface area (Å²) in [5.41, 5.74) is 3.46. The van der Waals surface area contributed by atoms with E-state index in [1.807, 2.05) is 6.20 Å². The Balaban J connectivity index is 1.50. The number of benzene rings is 1. The van der Waals surface area contributed by atoms with Crippen LogP contribution in [0.1, 0.15) is 21.7 Å². The summed E-state index contributed by atoms with van der Waals surface area (Å²) in [4.78, 5) is 28.8. The summed E-state index contributed by atoms with van der Waals surface area (Å²) >= 11 is 3.16. The minimum Gasteiger partial charge on any atom is -0.444 e. The predicted molar refractivity (Wildman–Crippen MR) is 103 cm³/mol. The van der Waals surface area contributed by atoms with E-state index in [1.54, 1.807) is 19.2 Å². The van der Waals surface area contributed by atoms with Crippen molar-refractivity contribution in [1.29, 1.82) is 0 Å². The molecule has 0 saturated heterocycles. The van der Waals surface area contributed by atoms with Gasteiger partial charge in [-0.1, -0.05) is 12.1 Å². The van der Waals surface area contributed by atoms with Gasteiger partial charge in [0.25, 0.3) is 5.91 Å². The number of likely N-dealkylation sites (N-methyl/N-ethyl adjacent to an activating group) is 1. The highest BCUT2D eigenvalue weighted by molar-refractivity contribution is 9.10. The molecule has 3 aromatic rings. The Morgan fingerprint density at radius 3 is 2.81 bits per heavy atom. The second-order valence-corrected chi connectivity index (χ2v) is 7.01. The maximum Gasteiger partial charge on any atom is 0.289 e. The van der Waals surface area contributed by atoms with Gasteiger partial charge in [-0.15, -0.1) is 0 Å². The van der Waals surface area contributed by atoms with Gasteiger partial charge in [0.1, 0.15) is 0 Å². The highest BCUT2D eigenvalue weighted by Gasteiger charge is 2.18. The monoisotopic (exact) mass is 417 g/mol. The Hall–Kier alpha value is -2.54. The van der Waals surface area contributed by atoms with E-state index in [0.717, 1.165) is 17.5 Å². The third-order valence-corrected chi connectivity index (χ3v) is 4.58. The van der Waals surface area contributed by atoms with Gasteiger partial charge in [0.2, 0.25) is 5.91 Å². The van der Waals surface area contributed by atoms with Gasteiger partial charge in [0.05, 0.1) is 6.54 Å². The van der Waals surface area contributed by atoms with E-state index >= 15 is 0 Å². The molecule has 2 aromatic heterocycles. The number of hydrogen-bond acceptors (Lipinski definition) is 3. The van der Waals surface area contributed by atoms with Crippen molar-refractivity contribution in [3.05, 3.63) is 58.1 Å². The number of fused-ring (bicyclic) bond motifs is 1. The van der Waals surface area contributed by atoms with Crippen molar-refractivity contribution in [2.45, 2.75) is 13.3 Å². The van der Waals surface area contributed by atoms with Gasteiger partial charge in [-0.05, 0) is 58.6 Å². The smallest absolute Gasteiger partial charge is 0.289 e. The number of aromatic nitrogens is 1. The van der Waals surface area contributed by atoms with E-state index < -0.39 is 0 Å². The number of carbonyl (C=O) groups is 2. The molecule has 26 heavy (non-hydrogen) atoms. The summed E-state index contributed by atoms with van der Waals surface area (Å²) in [6, 6.07) is 9.48. The molecule has 1 aromatic carbocycles. The lowest BCUT2D eigenvalue weighted by Crippen LogP contribution is -2.38. The first-order valence-corrected chi connectivity index (χ1v) is 9.07. The van der Waals surface area contributed by atoms with E-state index in [2.05, 4.69) is 51.4 Å². The van der Waals surface area contributed by atoms with Crippen LogP contribution in [0, 0.1) is 6.92 Å². The summed E-state index contributed by atoms with van der Waals surface area (Å²) in [6.07, 6.45) is 2.69. The zero-order valence-corrected chi connectivity index (χ0v) is 16.2. The topological polar surface area (TPSA) is 78.3 Å². The lowest BCUT2D eigenvalue weighted by atomic mass is 10.1. The van der Waals surface area contributed by atoms with Crippen molar-refractivity contribution >= 4 is 38.6 Å². The molecule has 0 aliphatic carbocycles. The van der Waals surface area contributed by atoms with Gasteiger partial charge in [0, 0.05) is 30.7 Å². The molecule has 2 N–H and O–H groups in total. The van der Waals surface area contributed by atoms with Crippen LogP contribution < -0.4 is 5.32 Å². The highest BCUT2D eigenvalue weighted by atomic mass is 79.9. The fourth-order valence-corrected chi connectivity index (χ4v) is 3.11. The lowest BCUT2D eigenvalue weighted by molar-refractivity contribution is -0.121. The van der Waals surface area contributed by atoms with E-state index in [-0.39, 0.29) is 24.1 Å². The molecule has 0 unspecified atom stereocenters. The van der Waals surface area contributed by atoms with Gasteiger partial charge >= 0.3 is 0 Å². The molecule has 2 heterocycles. The fourth-order valence-electron chi connectivity index (χ4n) is 2.80. The van der Waals surface area contributed by atoms with E-state index in [1.165, 1.54) is 15.8 Å². The number of amides is 2. The molecule has 0 atom stereocenters. The van der Waals surface area contributed by atoms with Gasteiger partial charge in [-0.3, -0.25) is 9.59 Å². The molecule has 2 amide bonds. The predicted octanol–water partition coefficient (Wildman–Crippen LogP) is 3.26. The Bertz CT molecular complexity index is 945. The Morgan fingerprint density at radius 2 is 2.08 bits per heavy atom. The molecule has 6 nitrogen and oxygen atoms in total. The molecule has 0 saturated carbocycles. The van der Waals surface area contributed by atoms with Crippen LogP contribution >= 0.6 is 15.9 Å². The molecule has 136 valence electrons. The molecule has 0 fully saturated rings. The zero-order chi connectivity index (χ0) is 18.7. The summed E-state index contributed by atoms with van der Waals surface area (Å²) in [5, 5.41) is 4.02. The Morgan fingerprint density at radius 1 is 1.27 bits per heavy atom. The number of halogens is 1. The van der Waals surface area contributed by atoms with Crippen molar-refractivity contribution in [3.8, 4) is 0 Å². The van der Waals surface area contributed by atoms with Crippen LogP contribution in [0.4, 0.5) is 0 Å². The molecule has 0 radical (unpaired) electrons. The minimum absolute atomic E-state index is 0.0236. The van der Waals surface area contributed by atoms with Gasteiger partial charge in [-0.2, -0.15) is 0 Å². The number of aryl methyl sites for hydroxylation is 1. The first kappa shape index (κ1) is 18.3. The second-order valence-electron chi connectivity index (χ2n) is 6.23.